The van der Waals surface area contributed by atoms with Crippen molar-refractivity contribution in [3.05, 3.63) is 28.8 Å². The van der Waals surface area contributed by atoms with Gasteiger partial charge in [0.1, 0.15) is 5.60 Å². The van der Waals surface area contributed by atoms with Crippen LogP contribution in [-0.4, -0.2) is 63.1 Å². The molecular weight excluding hydrogens is 436 g/mol. The molecule has 0 aliphatic carbocycles. The van der Waals surface area contributed by atoms with Crippen LogP contribution in [0.4, 0.5) is 4.79 Å². The van der Waals surface area contributed by atoms with E-state index >= 15 is 0 Å². The Morgan fingerprint density at radius 3 is 2.52 bits per heavy atom. The molecule has 182 valence electrons. The Morgan fingerprint density at radius 2 is 1.91 bits per heavy atom. The maximum absolute atomic E-state index is 13.8. The minimum Gasteiger partial charge on any atom is -0.444 e. The highest BCUT2D eigenvalue weighted by Crippen LogP contribution is 2.42. The standard InChI is InChI=1S/C26H38N2O4S/c1-16(2)28(19-10-9-11-27(15-19)24(31)32-25(4,5)6)23(30)20-13-18-14-22(29)26(7,8)33-21(18)12-17(20)3/h12-13,16,19H,9-11,14-15H2,1-8H3/t19-/m1/s1. The number of rotatable bonds is 3. The van der Waals surface area contributed by atoms with E-state index in [9.17, 15) is 14.4 Å². The van der Waals surface area contributed by atoms with Crippen molar-refractivity contribution in [2.24, 2.45) is 0 Å². The largest absolute Gasteiger partial charge is 0.444 e. The van der Waals surface area contributed by atoms with Gasteiger partial charge in [0.15, 0.2) is 5.78 Å². The summed E-state index contributed by atoms with van der Waals surface area (Å²) >= 11 is 1.58. The fourth-order valence-electron chi connectivity index (χ4n) is 4.54. The molecule has 0 unspecified atom stereocenters. The van der Waals surface area contributed by atoms with Gasteiger partial charge >= 0.3 is 6.09 Å². The van der Waals surface area contributed by atoms with Crippen LogP contribution in [0.2, 0.25) is 0 Å². The van der Waals surface area contributed by atoms with Crippen molar-refractivity contribution in [1.82, 2.24) is 9.80 Å². The number of aryl methyl sites for hydroxylation is 1. The number of carbonyl (C=O) groups excluding carboxylic acids is 3. The Bertz CT molecular complexity index is 948. The number of ketones is 1. The van der Waals surface area contributed by atoms with Crippen molar-refractivity contribution in [2.75, 3.05) is 13.1 Å². The normalized spacial score (nSPS) is 20.5. The molecule has 33 heavy (non-hydrogen) atoms. The van der Waals surface area contributed by atoms with E-state index in [-0.39, 0.29) is 29.9 Å². The first-order chi connectivity index (χ1) is 15.2. The molecule has 1 saturated heterocycles. The van der Waals surface area contributed by atoms with Crippen LogP contribution in [0.25, 0.3) is 0 Å². The lowest BCUT2D eigenvalue weighted by Crippen LogP contribution is -2.54. The molecular formula is C26H38N2O4S. The van der Waals surface area contributed by atoms with Gasteiger partial charge in [-0.05, 0) is 91.5 Å². The monoisotopic (exact) mass is 474 g/mol. The summed E-state index contributed by atoms with van der Waals surface area (Å²) in [5, 5.41) is 0. The molecule has 2 aliphatic rings. The Morgan fingerprint density at radius 1 is 1.24 bits per heavy atom. The van der Waals surface area contributed by atoms with E-state index in [1.54, 1.807) is 16.7 Å². The second-order valence-corrected chi connectivity index (χ2v) is 12.7. The minimum atomic E-state index is -0.554. The van der Waals surface area contributed by atoms with Crippen LogP contribution in [0.3, 0.4) is 0 Å². The van der Waals surface area contributed by atoms with E-state index in [1.807, 2.05) is 72.4 Å². The summed E-state index contributed by atoms with van der Waals surface area (Å²) in [4.78, 5) is 43.7. The molecule has 6 nitrogen and oxygen atoms in total. The first-order valence-electron chi connectivity index (χ1n) is 11.9. The number of thioether (sulfide) groups is 1. The van der Waals surface area contributed by atoms with E-state index in [4.69, 9.17) is 4.74 Å². The quantitative estimate of drug-likeness (QED) is 0.599. The number of nitrogens with zero attached hydrogens (tertiary/aromatic N) is 2. The van der Waals surface area contributed by atoms with Gasteiger partial charge in [0.25, 0.3) is 5.91 Å². The molecule has 2 amide bonds. The molecule has 0 radical (unpaired) electrons. The predicted molar refractivity (Wildman–Crippen MR) is 132 cm³/mol. The van der Waals surface area contributed by atoms with Crippen LogP contribution in [0, 0.1) is 6.92 Å². The molecule has 0 aromatic heterocycles. The Balaban J connectivity index is 1.86. The smallest absolute Gasteiger partial charge is 0.410 e. The number of amides is 2. The van der Waals surface area contributed by atoms with Gasteiger partial charge in [-0.15, -0.1) is 11.8 Å². The number of hydrogen-bond donors (Lipinski definition) is 0. The molecule has 0 saturated carbocycles. The lowest BCUT2D eigenvalue weighted by atomic mass is 9.94. The summed E-state index contributed by atoms with van der Waals surface area (Å²) < 4.78 is 5.13. The zero-order valence-electron chi connectivity index (χ0n) is 21.3. The van der Waals surface area contributed by atoms with Crippen LogP contribution >= 0.6 is 11.8 Å². The SMILES string of the molecule is Cc1cc2c(cc1C(=O)N(C(C)C)[C@@H]1CCCN(C(=O)OC(C)(C)C)C1)CC(=O)C(C)(C)S2. The Hall–Kier alpha value is -2.02. The van der Waals surface area contributed by atoms with Gasteiger partial charge in [-0.3, -0.25) is 9.59 Å². The lowest BCUT2D eigenvalue weighted by molar-refractivity contribution is -0.120. The average molecular weight is 475 g/mol. The summed E-state index contributed by atoms with van der Waals surface area (Å²) in [6.45, 7) is 16.6. The van der Waals surface area contributed by atoms with Gasteiger partial charge in [0.05, 0.1) is 10.8 Å². The summed E-state index contributed by atoms with van der Waals surface area (Å²) in [5.74, 6) is 0.145. The van der Waals surface area contributed by atoms with Crippen molar-refractivity contribution in [3.8, 4) is 0 Å². The van der Waals surface area contributed by atoms with Gasteiger partial charge in [-0.25, -0.2) is 4.79 Å². The predicted octanol–water partition coefficient (Wildman–Crippen LogP) is 5.24. The highest BCUT2D eigenvalue weighted by molar-refractivity contribution is 8.01. The van der Waals surface area contributed by atoms with Gasteiger partial charge in [0, 0.05) is 36.0 Å². The van der Waals surface area contributed by atoms with E-state index in [2.05, 4.69) is 0 Å². The third-order valence-corrected chi connectivity index (χ3v) is 7.60. The highest BCUT2D eigenvalue weighted by Gasteiger charge is 2.37. The summed E-state index contributed by atoms with van der Waals surface area (Å²) in [7, 11) is 0. The first-order valence-corrected chi connectivity index (χ1v) is 12.7. The van der Waals surface area contributed by atoms with Gasteiger partial charge in [0.2, 0.25) is 0 Å². The van der Waals surface area contributed by atoms with Gasteiger partial charge < -0.3 is 14.5 Å². The molecule has 1 aromatic carbocycles. The van der Waals surface area contributed by atoms with Crippen LogP contribution in [0.15, 0.2) is 17.0 Å². The van der Waals surface area contributed by atoms with E-state index in [0.717, 1.165) is 28.9 Å². The van der Waals surface area contributed by atoms with Crippen molar-refractivity contribution >= 4 is 29.5 Å². The second kappa shape index (κ2) is 9.32. The molecule has 7 heteroatoms. The number of benzene rings is 1. The third-order valence-electron chi connectivity index (χ3n) is 6.26. The number of ether oxygens (including phenoxy) is 1. The lowest BCUT2D eigenvalue weighted by Gasteiger charge is -2.42. The molecule has 0 bridgehead atoms. The van der Waals surface area contributed by atoms with Crippen LogP contribution < -0.4 is 0 Å². The minimum absolute atomic E-state index is 0.0218. The third kappa shape index (κ3) is 5.73. The Labute approximate surface area is 202 Å². The molecule has 0 spiro atoms. The number of Topliss-reactive ketones (excluding diaryl/α,β-unsaturated/α-hetero) is 1. The number of likely N-dealkylation sites (tertiary alicyclic amines) is 1. The number of hydrogen-bond acceptors (Lipinski definition) is 5. The zero-order valence-corrected chi connectivity index (χ0v) is 22.1. The first kappa shape index (κ1) is 25.6. The molecule has 1 aromatic rings. The molecule has 1 atom stereocenters. The van der Waals surface area contributed by atoms with Crippen LogP contribution in [0.5, 0.6) is 0 Å². The fraction of sp³-hybridized carbons (Fsp3) is 0.654. The highest BCUT2D eigenvalue weighted by atomic mass is 32.2. The second-order valence-electron chi connectivity index (χ2n) is 11.0. The topological polar surface area (TPSA) is 66.9 Å². The summed E-state index contributed by atoms with van der Waals surface area (Å²) in [6, 6.07) is 3.86. The van der Waals surface area contributed by atoms with Gasteiger partial charge in [-0.1, -0.05) is 0 Å². The molecule has 2 heterocycles. The van der Waals surface area contributed by atoms with E-state index in [1.165, 1.54) is 0 Å². The van der Waals surface area contributed by atoms with Crippen molar-refractivity contribution in [3.63, 3.8) is 0 Å². The average Bonchev–Trinajstić information content (AvgIpc) is 2.67. The summed E-state index contributed by atoms with van der Waals surface area (Å²) in [5.41, 5.74) is 1.94. The fourth-order valence-corrected chi connectivity index (χ4v) is 5.78. The Kier molecular flexibility index (Phi) is 7.23. The van der Waals surface area contributed by atoms with E-state index in [0.29, 0.717) is 25.1 Å². The van der Waals surface area contributed by atoms with Gasteiger partial charge in [-0.2, -0.15) is 0 Å². The zero-order chi connectivity index (χ0) is 24.7. The van der Waals surface area contributed by atoms with Crippen LogP contribution in [-0.2, 0) is 16.0 Å². The number of fused-ring (bicyclic) bond motifs is 1. The molecule has 0 N–H and O–H groups in total. The van der Waals surface area contributed by atoms with Crippen molar-refractivity contribution in [1.29, 1.82) is 0 Å². The molecule has 2 aliphatic heterocycles. The number of carbonyl (C=O) groups is 3. The molecule has 3 rings (SSSR count). The van der Waals surface area contributed by atoms with Crippen molar-refractivity contribution in [2.45, 2.75) is 102 Å². The molecule has 1 fully saturated rings. The summed E-state index contributed by atoms with van der Waals surface area (Å²) in [6.07, 6.45) is 1.69. The number of piperidine rings is 1. The van der Waals surface area contributed by atoms with E-state index < -0.39 is 10.3 Å². The van der Waals surface area contributed by atoms with Crippen LogP contribution in [0.1, 0.15) is 82.8 Å². The maximum Gasteiger partial charge on any atom is 0.410 e. The maximum atomic E-state index is 13.8. The van der Waals surface area contributed by atoms with Crippen molar-refractivity contribution < 1.29 is 19.1 Å².